The Kier molecular flexibility index (Phi) is 2.16. The van der Waals surface area contributed by atoms with Gasteiger partial charge in [-0.25, -0.2) is 0 Å². The Morgan fingerprint density at radius 3 is 2.64 bits per heavy atom. The molecule has 1 aromatic rings. The van der Waals surface area contributed by atoms with Crippen LogP contribution in [-0.4, -0.2) is 0 Å². The molecule has 0 radical (unpaired) electrons. The van der Waals surface area contributed by atoms with Gasteiger partial charge in [-0.1, -0.05) is 6.08 Å². The number of hydrogen-bond acceptors (Lipinski definition) is 2. The first-order valence-corrected chi connectivity index (χ1v) is 4.37. The van der Waals surface area contributed by atoms with Crippen molar-refractivity contribution in [1.29, 1.82) is 0 Å². The summed E-state index contributed by atoms with van der Waals surface area (Å²) >= 11 is 1.72. The van der Waals surface area contributed by atoms with Gasteiger partial charge in [-0.15, -0.1) is 17.9 Å². The summed E-state index contributed by atoms with van der Waals surface area (Å²) < 4.78 is 0. The van der Waals surface area contributed by atoms with E-state index in [1.165, 1.54) is 9.75 Å². The van der Waals surface area contributed by atoms with Gasteiger partial charge in [0.25, 0.3) is 0 Å². The zero-order valence-electron chi connectivity index (χ0n) is 6.92. The fraction of sp³-hybridized carbons (Fsp3) is 0.333. The van der Waals surface area contributed by atoms with Crippen LogP contribution in [0.2, 0.25) is 0 Å². The molecule has 2 N–H and O–H groups in total. The van der Waals surface area contributed by atoms with Crippen LogP contribution < -0.4 is 5.73 Å². The average molecular weight is 167 g/mol. The maximum absolute atomic E-state index is 5.94. The van der Waals surface area contributed by atoms with Crippen molar-refractivity contribution >= 4 is 11.3 Å². The zero-order valence-corrected chi connectivity index (χ0v) is 7.74. The van der Waals surface area contributed by atoms with Crippen LogP contribution in [0, 0.1) is 6.92 Å². The Bertz CT molecular complexity index is 260. The van der Waals surface area contributed by atoms with Crippen LogP contribution in [0.1, 0.15) is 16.7 Å². The highest BCUT2D eigenvalue weighted by molar-refractivity contribution is 7.12. The highest BCUT2D eigenvalue weighted by Gasteiger charge is 2.17. The Hall–Kier alpha value is -0.600. The van der Waals surface area contributed by atoms with Gasteiger partial charge in [-0.05, 0) is 26.0 Å². The molecule has 2 heteroatoms. The molecule has 0 unspecified atom stereocenters. The van der Waals surface area contributed by atoms with Gasteiger partial charge in [-0.2, -0.15) is 0 Å². The predicted octanol–water partition coefficient (Wildman–Crippen LogP) is 2.42. The van der Waals surface area contributed by atoms with Crippen LogP contribution in [0.5, 0.6) is 0 Å². The lowest BCUT2D eigenvalue weighted by molar-refractivity contribution is 0.646. The summed E-state index contributed by atoms with van der Waals surface area (Å²) in [5, 5.41) is 0. The molecule has 1 atom stereocenters. The first-order valence-electron chi connectivity index (χ1n) is 3.55. The van der Waals surface area contributed by atoms with Gasteiger partial charge in [0.1, 0.15) is 0 Å². The Morgan fingerprint density at radius 2 is 2.27 bits per heavy atom. The van der Waals surface area contributed by atoms with Crippen molar-refractivity contribution in [2.75, 3.05) is 0 Å². The molecule has 1 heterocycles. The Morgan fingerprint density at radius 1 is 1.64 bits per heavy atom. The quantitative estimate of drug-likeness (QED) is 0.673. The minimum atomic E-state index is -0.362. The van der Waals surface area contributed by atoms with Gasteiger partial charge in [0.05, 0.1) is 5.54 Å². The van der Waals surface area contributed by atoms with Crippen molar-refractivity contribution in [3.8, 4) is 0 Å². The van der Waals surface area contributed by atoms with Crippen molar-refractivity contribution < 1.29 is 0 Å². The van der Waals surface area contributed by atoms with Crippen LogP contribution in [-0.2, 0) is 5.54 Å². The van der Waals surface area contributed by atoms with Gasteiger partial charge < -0.3 is 5.73 Å². The summed E-state index contributed by atoms with van der Waals surface area (Å²) in [4.78, 5) is 2.46. The SMILES string of the molecule is C=C[C@](C)(N)c1ccc(C)s1. The number of nitrogens with two attached hydrogens (primary N) is 1. The second-order valence-corrected chi connectivity index (χ2v) is 4.19. The molecule has 0 saturated carbocycles. The lowest BCUT2D eigenvalue weighted by Crippen LogP contribution is -2.28. The van der Waals surface area contributed by atoms with E-state index >= 15 is 0 Å². The van der Waals surface area contributed by atoms with Gasteiger partial charge in [0.15, 0.2) is 0 Å². The standard InChI is InChI=1S/C9H13NS/c1-4-9(3,10)8-6-5-7(2)11-8/h4-6H,1,10H2,2-3H3/t9-/m0/s1. The van der Waals surface area contributed by atoms with E-state index in [2.05, 4.69) is 25.6 Å². The summed E-state index contributed by atoms with van der Waals surface area (Å²) in [6, 6.07) is 4.14. The summed E-state index contributed by atoms with van der Waals surface area (Å²) in [6.07, 6.45) is 1.78. The lowest BCUT2D eigenvalue weighted by Gasteiger charge is -2.17. The number of thiophene rings is 1. The molecule has 0 aliphatic carbocycles. The topological polar surface area (TPSA) is 26.0 Å². The average Bonchev–Trinajstić information content (AvgIpc) is 2.36. The molecule has 0 aromatic carbocycles. The van der Waals surface area contributed by atoms with Gasteiger partial charge >= 0.3 is 0 Å². The largest absolute Gasteiger partial charge is 0.318 e. The first kappa shape index (κ1) is 8.50. The molecule has 0 fully saturated rings. The summed E-state index contributed by atoms with van der Waals surface area (Å²) in [5.41, 5.74) is 5.58. The van der Waals surface area contributed by atoms with E-state index in [9.17, 15) is 0 Å². The van der Waals surface area contributed by atoms with Crippen molar-refractivity contribution in [2.24, 2.45) is 5.73 Å². The van der Waals surface area contributed by atoms with Crippen molar-refractivity contribution in [3.63, 3.8) is 0 Å². The second kappa shape index (κ2) is 2.80. The van der Waals surface area contributed by atoms with Crippen molar-refractivity contribution in [3.05, 3.63) is 34.5 Å². The highest BCUT2D eigenvalue weighted by atomic mass is 32.1. The molecular weight excluding hydrogens is 154 g/mol. The zero-order chi connectivity index (χ0) is 8.48. The lowest BCUT2D eigenvalue weighted by atomic mass is 10.0. The number of aryl methyl sites for hydroxylation is 1. The van der Waals surface area contributed by atoms with Gasteiger partial charge in [-0.3, -0.25) is 0 Å². The number of hydrogen-bond donors (Lipinski definition) is 1. The Balaban J connectivity index is 3.01. The van der Waals surface area contributed by atoms with E-state index in [0.717, 1.165) is 0 Å². The number of rotatable bonds is 2. The molecule has 0 spiro atoms. The molecule has 11 heavy (non-hydrogen) atoms. The summed E-state index contributed by atoms with van der Waals surface area (Å²) in [5.74, 6) is 0. The highest BCUT2D eigenvalue weighted by Crippen LogP contribution is 2.26. The third kappa shape index (κ3) is 1.70. The maximum atomic E-state index is 5.94. The molecular formula is C9H13NS. The third-order valence-corrected chi connectivity index (χ3v) is 2.95. The molecule has 1 rings (SSSR count). The first-order chi connectivity index (χ1) is 5.06. The molecule has 1 aromatic heterocycles. The monoisotopic (exact) mass is 167 g/mol. The van der Waals surface area contributed by atoms with Gasteiger partial charge in [0, 0.05) is 9.75 Å². The van der Waals surface area contributed by atoms with Crippen LogP contribution in [0.4, 0.5) is 0 Å². The van der Waals surface area contributed by atoms with Crippen LogP contribution in [0.3, 0.4) is 0 Å². The van der Waals surface area contributed by atoms with Crippen molar-refractivity contribution in [1.82, 2.24) is 0 Å². The van der Waals surface area contributed by atoms with E-state index < -0.39 is 0 Å². The molecule has 0 amide bonds. The minimum absolute atomic E-state index is 0.362. The molecule has 1 nitrogen and oxygen atoms in total. The summed E-state index contributed by atoms with van der Waals surface area (Å²) in [6.45, 7) is 7.74. The fourth-order valence-electron chi connectivity index (χ4n) is 0.825. The van der Waals surface area contributed by atoms with Crippen LogP contribution in [0.15, 0.2) is 24.8 Å². The van der Waals surface area contributed by atoms with E-state index in [4.69, 9.17) is 5.73 Å². The third-order valence-electron chi connectivity index (χ3n) is 1.70. The molecule has 0 bridgehead atoms. The molecule has 0 aliphatic heterocycles. The fourth-order valence-corrected chi connectivity index (χ4v) is 1.75. The van der Waals surface area contributed by atoms with E-state index in [1.54, 1.807) is 17.4 Å². The van der Waals surface area contributed by atoms with Crippen molar-refractivity contribution in [2.45, 2.75) is 19.4 Å². The Labute approximate surface area is 71.5 Å². The van der Waals surface area contributed by atoms with E-state index in [1.807, 2.05) is 6.92 Å². The maximum Gasteiger partial charge on any atom is 0.0658 e. The van der Waals surface area contributed by atoms with E-state index in [-0.39, 0.29) is 5.54 Å². The smallest absolute Gasteiger partial charge is 0.0658 e. The van der Waals surface area contributed by atoms with E-state index in [0.29, 0.717) is 0 Å². The molecule has 60 valence electrons. The molecule has 0 saturated heterocycles. The normalized spacial score (nSPS) is 15.9. The summed E-state index contributed by atoms with van der Waals surface area (Å²) in [7, 11) is 0. The minimum Gasteiger partial charge on any atom is -0.318 e. The second-order valence-electron chi connectivity index (χ2n) is 2.90. The molecule has 0 aliphatic rings. The van der Waals surface area contributed by atoms with Crippen LogP contribution in [0.25, 0.3) is 0 Å². The van der Waals surface area contributed by atoms with Gasteiger partial charge in [0.2, 0.25) is 0 Å². The van der Waals surface area contributed by atoms with Crippen LogP contribution >= 0.6 is 11.3 Å². The predicted molar refractivity (Wildman–Crippen MR) is 50.8 cm³/mol.